The first-order valence-electron chi connectivity index (χ1n) is 11.7. The Labute approximate surface area is 165 Å². The lowest BCUT2D eigenvalue weighted by molar-refractivity contribution is -0.137. The Morgan fingerprint density at radius 2 is 0.962 bits per heavy atom. The molecule has 0 aliphatic carbocycles. The molecule has 3 nitrogen and oxygen atoms in total. The Hall–Kier alpha value is -0.120. The maximum Gasteiger partial charge on any atom is 0.173 e. The van der Waals surface area contributed by atoms with Crippen LogP contribution in [-0.4, -0.2) is 31.5 Å². The Balaban J connectivity index is 3.20. The minimum absolute atomic E-state index is 0.588. The topological polar surface area (TPSA) is 38.5 Å². The molecule has 1 atom stereocenters. The predicted octanol–water partition coefficient (Wildman–Crippen LogP) is 6.85. The van der Waals surface area contributed by atoms with Crippen LogP contribution in [0, 0.1) is 0 Å². The van der Waals surface area contributed by atoms with E-state index in [4.69, 9.17) is 10.5 Å². The molecule has 0 saturated carbocycles. The molecule has 0 spiro atoms. The van der Waals surface area contributed by atoms with Crippen LogP contribution in [0.15, 0.2) is 0 Å². The number of rotatable bonds is 20. The normalized spacial score (nSPS) is 14.1. The molecular formula is C23H50N2O. The molecule has 0 saturated heterocycles. The van der Waals surface area contributed by atoms with Crippen molar-refractivity contribution in [3.05, 3.63) is 0 Å². The molecule has 0 radical (unpaired) electrons. The van der Waals surface area contributed by atoms with E-state index in [0.29, 0.717) is 0 Å². The van der Waals surface area contributed by atoms with Gasteiger partial charge in [0.05, 0.1) is 6.61 Å². The number of ether oxygens (including phenoxy) is 1. The van der Waals surface area contributed by atoms with Crippen molar-refractivity contribution in [2.24, 2.45) is 5.73 Å². The fraction of sp³-hybridized carbons (Fsp3) is 1.00. The van der Waals surface area contributed by atoms with Crippen LogP contribution in [0.2, 0.25) is 0 Å². The molecule has 0 aromatic carbocycles. The fourth-order valence-corrected chi connectivity index (χ4v) is 3.45. The van der Waals surface area contributed by atoms with Crippen molar-refractivity contribution < 1.29 is 4.74 Å². The predicted molar refractivity (Wildman–Crippen MR) is 116 cm³/mol. The molecule has 0 aliphatic rings. The van der Waals surface area contributed by atoms with E-state index in [1.807, 2.05) is 19.0 Å². The number of nitrogens with zero attached hydrogens (tertiary/aromatic N) is 1. The number of unbranched alkanes of at least 4 members (excludes halogenated alkanes) is 15. The van der Waals surface area contributed by atoms with Gasteiger partial charge in [0.2, 0.25) is 0 Å². The van der Waals surface area contributed by atoms with Gasteiger partial charge in [-0.25, -0.2) is 0 Å². The Kier molecular flexibility index (Phi) is 18.2. The van der Waals surface area contributed by atoms with E-state index in [9.17, 15) is 0 Å². The van der Waals surface area contributed by atoms with Crippen molar-refractivity contribution in [3.8, 4) is 0 Å². The minimum Gasteiger partial charge on any atom is -0.347 e. The zero-order chi connectivity index (χ0) is 19.5. The van der Waals surface area contributed by atoms with E-state index in [2.05, 4.69) is 13.8 Å². The lowest BCUT2D eigenvalue weighted by Gasteiger charge is -2.34. The highest BCUT2D eigenvalue weighted by atomic mass is 16.5. The van der Waals surface area contributed by atoms with Gasteiger partial charge >= 0.3 is 0 Å². The molecule has 0 aromatic rings. The zero-order valence-corrected chi connectivity index (χ0v) is 18.7. The van der Waals surface area contributed by atoms with Gasteiger partial charge in [-0.3, -0.25) is 10.6 Å². The monoisotopic (exact) mass is 370 g/mol. The highest BCUT2D eigenvalue weighted by Gasteiger charge is 2.25. The number of hydrogen-bond donors (Lipinski definition) is 1. The SMILES string of the molecule is CCCCCCCCCCCCCCCCCCOC(N)(CC)N(C)C. The maximum atomic E-state index is 6.21. The smallest absolute Gasteiger partial charge is 0.173 e. The number of nitrogens with two attached hydrogens (primary N) is 1. The first kappa shape index (κ1) is 25.9. The highest BCUT2D eigenvalue weighted by Crippen LogP contribution is 2.15. The average Bonchev–Trinajstić information content (AvgIpc) is 2.63. The third-order valence-electron chi connectivity index (χ3n) is 5.61. The highest BCUT2D eigenvalue weighted by molar-refractivity contribution is 4.67. The van der Waals surface area contributed by atoms with Crippen LogP contribution in [0.25, 0.3) is 0 Å². The van der Waals surface area contributed by atoms with Crippen LogP contribution >= 0.6 is 0 Å². The van der Waals surface area contributed by atoms with E-state index in [1.54, 1.807) is 0 Å². The van der Waals surface area contributed by atoms with Crippen molar-refractivity contribution in [2.75, 3.05) is 20.7 Å². The Morgan fingerprint density at radius 3 is 1.27 bits per heavy atom. The summed E-state index contributed by atoms with van der Waals surface area (Å²) >= 11 is 0. The van der Waals surface area contributed by atoms with Crippen LogP contribution in [0.3, 0.4) is 0 Å². The molecule has 0 rings (SSSR count). The molecule has 1 unspecified atom stereocenters. The molecule has 0 aliphatic heterocycles. The van der Waals surface area contributed by atoms with Gasteiger partial charge in [-0.05, 0) is 20.5 Å². The zero-order valence-electron chi connectivity index (χ0n) is 18.7. The van der Waals surface area contributed by atoms with Crippen LogP contribution in [0.4, 0.5) is 0 Å². The third kappa shape index (κ3) is 15.0. The minimum atomic E-state index is -0.588. The molecule has 26 heavy (non-hydrogen) atoms. The molecule has 158 valence electrons. The van der Waals surface area contributed by atoms with E-state index >= 15 is 0 Å². The van der Waals surface area contributed by atoms with Crippen molar-refractivity contribution in [1.29, 1.82) is 0 Å². The summed E-state index contributed by atoms with van der Waals surface area (Å²) in [6, 6.07) is 0. The lowest BCUT2D eigenvalue weighted by Crippen LogP contribution is -2.54. The summed E-state index contributed by atoms with van der Waals surface area (Å²) in [7, 11) is 3.97. The van der Waals surface area contributed by atoms with Crippen LogP contribution < -0.4 is 5.73 Å². The van der Waals surface area contributed by atoms with E-state index in [0.717, 1.165) is 19.4 Å². The van der Waals surface area contributed by atoms with Crippen molar-refractivity contribution in [1.82, 2.24) is 4.90 Å². The van der Waals surface area contributed by atoms with Gasteiger partial charge in [0.25, 0.3) is 0 Å². The van der Waals surface area contributed by atoms with E-state index in [-0.39, 0.29) is 0 Å². The van der Waals surface area contributed by atoms with Gasteiger partial charge in [0.15, 0.2) is 5.85 Å². The first-order chi connectivity index (χ1) is 12.6. The summed E-state index contributed by atoms with van der Waals surface area (Å²) in [5.74, 6) is -0.588. The van der Waals surface area contributed by atoms with E-state index in [1.165, 1.54) is 96.3 Å². The van der Waals surface area contributed by atoms with Crippen molar-refractivity contribution in [2.45, 2.75) is 129 Å². The van der Waals surface area contributed by atoms with Gasteiger partial charge in [0, 0.05) is 6.42 Å². The largest absolute Gasteiger partial charge is 0.347 e. The fourth-order valence-electron chi connectivity index (χ4n) is 3.45. The summed E-state index contributed by atoms with van der Waals surface area (Å²) in [6.07, 6.45) is 23.2. The summed E-state index contributed by atoms with van der Waals surface area (Å²) in [6.45, 7) is 5.15. The van der Waals surface area contributed by atoms with Gasteiger partial charge in [0.1, 0.15) is 0 Å². The van der Waals surface area contributed by atoms with Crippen LogP contribution in [0.1, 0.15) is 123 Å². The second-order valence-electron chi connectivity index (χ2n) is 8.24. The van der Waals surface area contributed by atoms with Crippen LogP contribution in [-0.2, 0) is 4.74 Å². The van der Waals surface area contributed by atoms with Gasteiger partial charge in [-0.15, -0.1) is 0 Å². The Bertz CT molecular complexity index is 283. The molecule has 0 fully saturated rings. The van der Waals surface area contributed by atoms with Gasteiger partial charge < -0.3 is 4.74 Å². The summed E-state index contributed by atoms with van der Waals surface area (Å²) in [5, 5.41) is 0. The molecule has 0 aromatic heterocycles. The quantitative estimate of drug-likeness (QED) is 0.188. The number of hydrogen-bond acceptors (Lipinski definition) is 3. The van der Waals surface area contributed by atoms with Gasteiger partial charge in [-0.2, -0.15) is 0 Å². The molecule has 3 heteroatoms. The first-order valence-corrected chi connectivity index (χ1v) is 11.7. The van der Waals surface area contributed by atoms with Crippen molar-refractivity contribution >= 4 is 0 Å². The standard InChI is InChI=1S/C23H50N2O/c1-5-7-8-9-10-11-12-13-14-15-16-17-18-19-20-21-22-26-23(24,6-2)25(3)4/h5-22,24H2,1-4H3. The molecular weight excluding hydrogens is 320 g/mol. The third-order valence-corrected chi connectivity index (χ3v) is 5.61. The van der Waals surface area contributed by atoms with Crippen LogP contribution in [0.5, 0.6) is 0 Å². The molecule has 0 heterocycles. The second kappa shape index (κ2) is 18.3. The van der Waals surface area contributed by atoms with Gasteiger partial charge in [-0.1, -0.05) is 110 Å². The van der Waals surface area contributed by atoms with Crippen molar-refractivity contribution in [3.63, 3.8) is 0 Å². The maximum absolute atomic E-state index is 6.21. The lowest BCUT2D eigenvalue weighted by atomic mass is 10.0. The Morgan fingerprint density at radius 1 is 0.615 bits per heavy atom. The molecule has 0 bridgehead atoms. The van der Waals surface area contributed by atoms with E-state index < -0.39 is 5.85 Å². The molecule has 0 amide bonds. The summed E-state index contributed by atoms with van der Waals surface area (Å²) in [5.41, 5.74) is 6.21. The second-order valence-corrected chi connectivity index (χ2v) is 8.24. The molecule has 2 N–H and O–H groups in total. The average molecular weight is 371 g/mol. The summed E-state index contributed by atoms with van der Waals surface area (Å²) in [4.78, 5) is 1.97. The summed E-state index contributed by atoms with van der Waals surface area (Å²) < 4.78 is 5.86.